The molecule has 10 atom stereocenters. The fourth-order valence-electron chi connectivity index (χ4n) is 11.6. The molecule has 4 N–H and O–H groups in total. The first-order valence-corrected chi connectivity index (χ1v) is 21.9. The molecule has 3 saturated carbocycles. The van der Waals surface area contributed by atoms with Crippen LogP contribution >= 0.6 is 24.8 Å². The number of nitrogens with two attached hydrogens (primary N) is 2. The second-order valence-electron chi connectivity index (χ2n) is 19.2. The Labute approximate surface area is 338 Å². The van der Waals surface area contributed by atoms with Crippen molar-refractivity contribution in [3.63, 3.8) is 0 Å². The van der Waals surface area contributed by atoms with E-state index in [-0.39, 0.29) is 60.3 Å². The Morgan fingerprint density at radius 2 is 1.47 bits per heavy atom. The fourth-order valence-corrected chi connectivity index (χ4v) is 11.6. The summed E-state index contributed by atoms with van der Waals surface area (Å²) in [6.07, 6.45) is 25.5. The van der Waals surface area contributed by atoms with Crippen molar-refractivity contribution >= 4 is 36.7 Å². The van der Waals surface area contributed by atoms with E-state index in [0.29, 0.717) is 31.2 Å². The number of amides is 1. The minimum absolute atomic E-state index is 0. The van der Waals surface area contributed by atoms with Gasteiger partial charge in [-0.05, 0) is 131 Å². The van der Waals surface area contributed by atoms with E-state index in [4.69, 9.17) is 16.2 Å². The molecule has 4 aliphatic carbocycles. The van der Waals surface area contributed by atoms with Crippen LogP contribution in [0.4, 0.5) is 0 Å². The van der Waals surface area contributed by atoms with Crippen molar-refractivity contribution in [2.45, 2.75) is 201 Å². The van der Waals surface area contributed by atoms with E-state index in [1.807, 2.05) is 11.8 Å². The van der Waals surface area contributed by atoms with Crippen molar-refractivity contribution in [2.75, 3.05) is 13.1 Å². The SMILES string of the molecule is CC(C)CCCC(C)[C@H]1CC[C@H]2[C@@H]3CC=C4C[C@@H](OC(=O)CCCC(=O)N(CCCCCCCC(C)N)CCC(C)N)CC[C@]4(C)[C@H]3CC[C@]12C.Cl.Cl. The van der Waals surface area contributed by atoms with E-state index >= 15 is 0 Å². The Hall–Kier alpha value is -0.820. The molecular formula is C45H83Cl2N3O3. The maximum absolute atomic E-state index is 13.2. The standard InChI is InChI=1S/C45H81N3O3.2ClH/c1-32(2)15-13-16-33(3)39-22-23-40-38-21-20-36-31-37(24-27-44(36,6)41(38)25-28-45(39,40)7)51-43(50)19-14-18-42(49)48(30-26-35(5)47)29-12-10-8-9-11-17-34(4)46;;/h20,32-35,37-41H,8-19,21-31,46-47H2,1-7H3;2*1H/t33?,34?,35?,37-,38-,39+,40-,41-,44-,45+;;/m0../s1. The van der Waals surface area contributed by atoms with Gasteiger partial charge in [0.15, 0.2) is 0 Å². The number of carbonyl (C=O) groups is 2. The van der Waals surface area contributed by atoms with E-state index in [0.717, 1.165) is 87.0 Å². The first-order valence-electron chi connectivity index (χ1n) is 21.9. The molecule has 4 rings (SSSR count). The molecule has 0 saturated heterocycles. The van der Waals surface area contributed by atoms with Crippen LogP contribution in [-0.2, 0) is 14.3 Å². The highest BCUT2D eigenvalue weighted by atomic mass is 35.5. The van der Waals surface area contributed by atoms with Crippen LogP contribution in [0.1, 0.15) is 183 Å². The molecule has 0 aromatic rings. The van der Waals surface area contributed by atoms with Crippen LogP contribution in [0.2, 0.25) is 0 Å². The number of hydrogen-bond acceptors (Lipinski definition) is 5. The molecule has 1 amide bonds. The van der Waals surface area contributed by atoms with Gasteiger partial charge in [0.05, 0.1) is 0 Å². The van der Waals surface area contributed by atoms with Crippen molar-refractivity contribution in [3.05, 3.63) is 11.6 Å². The Kier molecular flexibility index (Phi) is 20.8. The summed E-state index contributed by atoms with van der Waals surface area (Å²) in [5.41, 5.74) is 14.2. The molecule has 0 aromatic carbocycles. The number of halogens is 2. The summed E-state index contributed by atoms with van der Waals surface area (Å²) in [5.74, 6) is 5.03. The number of rotatable bonds is 21. The molecule has 0 spiro atoms. The lowest BCUT2D eigenvalue weighted by Crippen LogP contribution is -2.51. The van der Waals surface area contributed by atoms with Crippen molar-refractivity contribution in [1.29, 1.82) is 0 Å². The summed E-state index contributed by atoms with van der Waals surface area (Å²) in [6.45, 7) is 18.1. The van der Waals surface area contributed by atoms with Crippen LogP contribution in [0.5, 0.6) is 0 Å². The molecule has 0 aliphatic heterocycles. The average molecular weight is 785 g/mol. The number of esters is 1. The van der Waals surface area contributed by atoms with Gasteiger partial charge in [0.1, 0.15) is 6.10 Å². The Morgan fingerprint density at radius 1 is 0.774 bits per heavy atom. The first-order chi connectivity index (χ1) is 24.2. The Balaban J connectivity index is 0.00000486. The monoisotopic (exact) mass is 784 g/mol. The highest BCUT2D eigenvalue weighted by Crippen LogP contribution is 2.67. The Bertz CT molecular complexity index is 1130. The van der Waals surface area contributed by atoms with Gasteiger partial charge in [-0.3, -0.25) is 9.59 Å². The minimum atomic E-state index is -0.132. The van der Waals surface area contributed by atoms with Gasteiger partial charge in [-0.2, -0.15) is 0 Å². The number of unbranched alkanes of at least 4 members (excludes halogenated alkanes) is 4. The molecule has 53 heavy (non-hydrogen) atoms. The maximum atomic E-state index is 13.2. The van der Waals surface area contributed by atoms with Crippen molar-refractivity contribution in [2.24, 2.45) is 57.8 Å². The van der Waals surface area contributed by atoms with E-state index in [1.54, 1.807) is 5.57 Å². The zero-order chi connectivity index (χ0) is 37.2. The van der Waals surface area contributed by atoms with Gasteiger partial charge in [-0.25, -0.2) is 0 Å². The first kappa shape index (κ1) is 48.3. The molecule has 310 valence electrons. The van der Waals surface area contributed by atoms with E-state index in [2.05, 4.69) is 47.6 Å². The summed E-state index contributed by atoms with van der Waals surface area (Å²) in [7, 11) is 0. The van der Waals surface area contributed by atoms with Gasteiger partial charge in [0, 0.05) is 44.4 Å². The number of carbonyl (C=O) groups excluding carboxylic acids is 2. The smallest absolute Gasteiger partial charge is 0.306 e. The number of fused-ring (bicyclic) bond motifs is 5. The largest absolute Gasteiger partial charge is 0.462 e. The van der Waals surface area contributed by atoms with E-state index in [9.17, 15) is 9.59 Å². The summed E-state index contributed by atoms with van der Waals surface area (Å²) >= 11 is 0. The van der Waals surface area contributed by atoms with Gasteiger partial charge >= 0.3 is 5.97 Å². The van der Waals surface area contributed by atoms with Crippen LogP contribution in [-0.4, -0.2) is 48.1 Å². The van der Waals surface area contributed by atoms with E-state index < -0.39 is 0 Å². The normalized spacial score (nSPS) is 30.8. The van der Waals surface area contributed by atoms with Crippen LogP contribution in [0, 0.1) is 46.3 Å². The molecule has 4 aliphatic rings. The quantitative estimate of drug-likeness (QED) is 0.0686. The minimum Gasteiger partial charge on any atom is -0.462 e. The average Bonchev–Trinajstić information content (AvgIpc) is 3.42. The van der Waals surface area contributed by atoms with Crippen LogP contribution in [0.25, 0.3) is 0 Å². The third-order valence-corrected chi connectivity index (χ3v) is 14.6. The van der Waals surface area contributed by atoms with Gasteiger partial charge in [-0.1, -0.05) is 91.2 Å². The van der Waals surface area contributed by atoms with Crippen LogP contribution < -0.4 is 11.5 Å². The van der Waals surface area contributed by atoms with Crippen LogP contribution in [0.3, 0.4) is 0 Å². The molecule has 8 heteroatoms. The summed E-state index contributed by atoms with van der Waals surface area (Å²) < 4.78 is 6.11. The maximum Gasteiger partial charge on any atom is 0.306 e. The lowest BCUT2D eigenvalue weighted by atomic mass is 9.47. The molecule has 3 fully saturated rings. The summed E-state index contributed by atoms with van der Waals surface area (Å²) in [5, 5.41) is 0. The number of allylic oxidation sites excluding steroid dienone is 1. The Morgan fingerprint density at radius 3 is 2.17 bits per heavy atom. The number of hydrogen-bond donors (Lipinski definition) is 2. The fraction of sp³-hybridized carbons (Fsp3) is 0.911. The second-order valence-corrected chi connectivity index (χ2v) is 19.2. The molecular weight excluding hydrogens is 701 g/mol. The second kappa shape index (κ2) is 22.8. The lowest BCUT2D eigenvalue weighted by Gasteiger charge is -2.58. The zero-order valence-electron chi connectivity index (χ0n) is 35.2. The summed E-state index contributed by atoms with van der Waals surface area (Å²) in [4.78, 5) is 28.2. The number of nitrogens with zero attached hydrogens (tertiary/aromatic N) is 1. The molecule has 0 aromatic heterocycles. The van der Waals surface area contributed by atoms with Gasteiger partial charge in [0.2, 0.25) is 5.91 Å². The summed E-state index contributed by atoms with van der Waals surface area (Å²) in [6, 6.07) is 0.351. The van der Waals surface area contributed by atoms with Crippen molar-refractivity contribution in [3.8, 4) is 0 Å². The zero-order valence-corrected chi connectivity index (χ0v) is 36.8. The van der Waals surface area contributed by atoms with E-state index in [1.165, 1.54) is 70.6 Å². The molecule has 0 heterocycles. The highest BCUT2D eigenvalue weighted by molar-refractivity contribution is 5.85. The topological polar surface area (TPSA) is 98.7 Å². The molecule has 0 bridgehead atoms. The number of ether oxygens (including phenoxy) is 1. The van der Waals surface area contributed by atoms with Gasteiger partial charge in [-0.15, -0.1) is 24.8 Å². The highest BCUT2D eigenvalue weighted by Gasteiger charge is 2.59. The van der Waals surface area contributed by atoms with Crippen molar-refractivity contribution < 1.29 is 14.3 Å². The predicted octanol–water partition coefficient (Wildman–Crippen LogP) is 11.2. The van der Waals surface area contributed by atoms with Gasteiger partial charge < -0.3 is 21.1 Å². The van der Waals surface area contributed by atoms with Crippen molar-refractivity contribution in [1.82, 2.24) is 4.90 Å². The molecule has 6 nitrogen and oxygen atoms in total. The van der Waals surface area contributed by atoms with Gasteiger partial charge in [0.25, 0.3) is 0 Å². The third-order valence-electron chi connectivity index (χ3n) is 14.6. The predicted molar refractivity (Wildman–Crippen MR) is 227 cm³/mol. The molecule has 0 radical (unpaired) electrons. The molecule has 3 unspecified atom stereocenters. The third kappa shape index (κ3) is 13.4. The lowest BCUT2D eigenvalue weighted by molar-refractivity contribution is -0.151. The van der Waals surface area contributed by atoms with Crippen LogP contribution in [0.15, 0.2) is 11.6 Å².